The summed E-state index contributed by atoms with van der Waals surface area (Å²) in [7, 11) is 0. The van der Waals surface area contributed by atoms with Gasteiger partial charge >= 0.3 is 0 Å². The SMILES string of the molecule is N#Cc1cc(-c2ccc(-n3c4ccccc4c4ccccc43)cc2)c(-c2ccc(-n3c4ccccc4c4ccccc43)cc2)cc1C#N. The molecule has 0 fully saturated rings. The first-order valence-corrected chi connectivity index (χ1v) is 15.9. The second-order valence-electron chi connectivity index (χ2n) is 12.0. The maximum Gasteiger partial charge on any atom is 0.101 e. The second-order valence-corrected chi connectivity index (χ2v) is 12.0. The van der Waals surface area contributed by atoms with Gasteiger partial charge in [0.25, 0.3) is 0 Å². The van der Waals surface area contributed by atoms with Gasteiger partial charge in [-0.05, 0) is 82.9 Å². The van der Waals surface area contributed by atoms with Crippen molar-refractivity contribution in [1.82, 2.24) is 9.13 Å². The Morgan fingerprint density at radius 3 is 0.938 bits per heavy atom. The molecule has 0 aliphatic heterocycles. The number of hydrogen-bond acceptors (Lipinski definition) is 2. The molecule has 4 nitrogen and oxygen atoms in total. The molecule has 2 aromatic heterocycles. The quantitative estimate of drug-likeness (QED) is 0.199. The van der Waals surface area contributed by atoms with Gasteiger partial charge in [-0.25, -0.2) is 0 Å². The molecule has 0 spiro atoms. The summed E-state index contributed by atoms with van der Waals surface area (Å²) >= 11 is 0. The van der Waals surface area contributed by atoms with Gasteiger partial charge in [-0.1, -0.05) is 97.1 Å². The third-order valence-corrected chi connectivity index (χ3v) is 9.43. The lowest BCUT2D eigenvalue weighted by atomic mass is 9.90. The Labute approximate surface area is 277 Å². The van der Waals surface area contributed by atoms with Gasteiger partial charge in [0, 0.05) is 32.9 Å². The van der Waals surface area contributed by atoms with E-state index in [-0.39, 0.29) is 0 Å². The third kappa shape index (κ3) is 4.14. The van der Waals surface area contributed by atoms with E-state index in [0.717, 1.165) is 55.7 Å². The summed E-state index contributed by atoms with van der Waals surface area (Å²) < 4.78 is 4.59. The van der Waals surface area contributed by atoms with Gasteiger partial charge < -0.3 is 9.13 Å². The minimum atomic E-state index is 0.365. The summed E-state index contributed by atoms with van der Waals surface area (Å²) in [6.45, 7) is 0. The second kappa shape index (κ2) is 10.9. The van der Waals surface area contributed by atoms with Crippen LogP contribution in [-0.4, -0.2) is 9.13 Å². The standard InChI is InChI=1S/C44H26N4/c45-27-31-25-39(29-17-21-33(22-18-29)47-41-13-5-1-9-35(41)36-10-2-6-14-42(36)47)40(26-32(31)28-46)30-19-23-34(24-20-30)48-43-15-7-3-11-37(43)38-12-4-8-16-44(38)48/h1-26H. The van der Waals surface area contributed by atoms with Gasteiger partial charge in [0.15, 0.2) is 0 Å². The van der Waals surface area contributed by atoms with Crippen LogP contribution in [-0.2, 0) is 0 Å². The minimum absolute atomic E-state index is 0.365. The Balaban J connectivity index is 1.17. The molecule has 0 radical (unpaired) electrons. The molecular weight excluding hydrogens is 585 g/mol. The van der Waals surface area contributed by atoms with E-state index in [1.807, 2.05) is 12.1 Å². The van der Waals surface area contributed by atoms with Crippen LogP contribution in [0.3, 0.4) is 0 Å². The predicted molar refractivity (Wildman–Crippen MR) is 195 cm³/mol. The van der Waals surface area contributed by atoms with Crippen LogP contribution in [0, 0.1) is 22.7 Å². The fraction of sp³-hybridized carbons (Fsp3) is 0. The molecule has 9 rings (SSSR count). The number of aromatic nitrogens is 2. The maximum absolute atomic E-state index is 9.96. The molecule has 4 heteroatoms. The zero-order valence-corrected chi connectivity index (χ0v) is 25.8. The lowest BCUT2D eigenvalue weighted by Crippen LogP contribution is -1.96. The summed E-state index contributed by atoms with van der Waals surface area (Å²) in [4.78, 5) is 0. The van der Waals surface area contributed by atoms with Crippen molar-refractivity contribution in [2.75, 3.05) is 0 Å². The molecule has 0 atom stereocenters. The fourth-order valence-electron chi connectivity index (χ4n) is 7.24. The average molecular weight is 611 g/mol. The van der Waals surface area contributed by atoms with E-state index in [0.29, 0.717) is 11.1 Å². The van der Waals surface area contributed by atoms with Crippen molar-refractivity contribution in [3.63, 3.8) is 0 Å². The van der Waals surface area contributed by atoms with E-state index in [9.17, 15) is 10.5 Å². The number of para-hydroxylation sites is 4. The van der Waals surface area contributed by atoms with Gasteiger partial charge in [-0.2, -0.15) is 10.5 Å². The van der Waals surface area contributed by atoms with Gasteiger partial charge in [-0.15, -0.1) is 0 Å². The van der Waals surface area contributed by atoms with Gasteiger partial charge in [-0.3, -0.25) is 0 Å². The normalized spacial score (nSPS) is 11.3. The van der Waals surface area contributed by atoms with Crippen molar-refractivity contribution >= 4 is 43.6 Å². The minimum Gasteiger partial charge on any atom is -0.309 e. The number of nitrogens with zero attached hydrogens (tertiary/aromatic N) is 4. The van der Waals surface area contributed by atoms with Crippen LogP contribution < -0.4 is 0 Å². The number of benzene rings is 7. The molecule has 0 saturated heterocycles. The first-order chi connectivity index (χ1) is 23.7. The van der Waals surface area contributed by atoms with E-state index in [2.05, 4.69) is 167 Å². The van der Waals surface area contributed by atoms with Crippen LogP contribution in [0.5, 0.6) is 0 Å². The number of fused-ring (bicyclic) bond motifs is 6. The summed E-state index contributed by atoms with van der Waals surface area (Å²) in [5.41, 5.74) is 11.2. The summed E-state index contributed by atoms with van der Waals surface area (Å²) in [6.07, 6.45) is 0. The predicted octanol–water partition coefficient (Wildman–Crippen LogP) is 11.0. The topological polar surface area (TPSA) is 57.4 Å². The van der Waals surface area contributed by atoms with E-state index < -0.39 is 0 Å². The number of nitriles is 2. The molecule has 2 heterocycles. The fourth-order valence-corrected chi connectivity index (χ4v) is 7.24. The number of hydrogen-bond donors (Lipinski definition) is 0. The van der Waals surface area contributed by atoms with Gasteiger partial charge in [0.05, 0.1) is 33.2 Å². The molecule has 0 aliphatic rings. The lowest BCUT2D eigenvalue weighted by molar-refractivity contribution is 1.18. The molecule has 0 aliphatic carbocycles. The van der Waals surface area contributed by atoms with E-state index in [4.69, 9.17) is 0 Å². The van der Waals surface area contributed by atoms with E-state index in [1.165, 1.54) is 21.5 Å². The van der Waals surface area contributed by atoms with Crippen molar-refractivity contribution in [3.05, 3.63) is 169 Å². The largest absolute Gasteiger partial charge is 0.309 e. The third-order valence-electron chi connectivity index (χ3n) is 9.43. The zero-order chi connectivity index (χ0) is 32.2. The molecule has 0 amide bonds. The summed E-state index contributed by atoms with van der Waals surface area (Å²) in [5.74, 6) is 0. The highest BCUT2D eigenvalue weighted by Crippen LogP contribution is 2.38. The van der Waals surface area contributed by atoms with E-state index in [1.54, 1.807) is 0 Å². The molecular formula is C44H26N4. The molecule has 222 valence electrons. The Hall–Kier alpha value is -6.88. The van der Waals surface area contributed by atoms with Gasteiger partial charge in [0.1, 0.15) is 12.1 Å². The van der Waals surface area contributed by atoms with Crippen LogP contribution in [0.4, 0.5) is 0 Å². The van der Waals surface area contributed by atoms with Crippen LogP contribution in [0.2, 0.25) is 0 Å². The molecule has 0 N–H and O–H groups in total. The summed E-state index contributed by atoms with van der Waals surface area (Å²) in [6, 6.07) is 59.1. The van der Waals surface area contributed by atoms with Crippen LogP contribution in [0.15, 0.2) is 158 Å². The first-order valence-electron chi connectivity index (χ1n) is 15.9. The lowest BCUT2D eigenvalue weighted by Gasteiger charge is -2.15. The molecule has 0 saturated carbocycles. The molecule has 7 aromatic carbocycles. The maximum atomic E-state index is 9.96. The zero-order valence-electron chi connectivity index (χ0n) is 25.8. The van der Waals surface area contributed by atoms with Crippen molar-refractivity contribution in [1.29, 1.82) is 10.5 Å². The number of rotatable bonds is 4. The first kappa shape index (κ1) is 27.4. The summed E-state index contributed by atoms with van der Waals surface area (Å²) in [5, 5.41) is 24.8. The van der Waals surface area contributed by atoms with Crippen LogP contribution in [0.25, 0.3) is 77.2 Å². The Morgan fingerprint density at radius 2 is 0.646 bits per heavy atom. The van der Waals surface area contributed by atoms with E-state index >= 15 is 0 Å². The van der Waals surface area contributed by atoms with Crippen LogP contribution >= 0.6 is 0 Å². The van der Waals surface area contributed by atoms with Crippen molar-refractivity contribution in [2.24, 2.45) is 0 Å². The highest BCUT2D eigenvalue weighted by atomic mass is 15.0. The highest BCUT2D eigenvalue weighted by Gasteiger charge is 2.17. The molecule has 48 heavy (non-hydrogen) atoms. The van der Waals surface area contributed by atoms with Crippen molar-refractivity contribution in [3.8, 4) is 45.8 Å². The highest BCUT2D eigenvalue weighted by molar-refractivity contribution is 6.10. The average Bonchev–Trinajstić information content (AvgIpc) is 3.68. The van der Waals surface area contributed by atoms with Crippen LogP contribution in [0.1, 0.15) is 11.1 Å². The Kier molecular flexibility index (Phi) is 6.22. The molecule has 9 aromatic rings. The monoisotopic (exact) mass is 610 g/mol. The smallest absolute Gasteiger partial charge is 0.101 e. The molecule has 0 bridgehead atoms. The molecule has 0 unspecified atom stereocenters. The Morgan fingerprint density at radius 1 is 0.354 bits per heavy atom. The Bertz CT molecular complexity index is 2480. The van der Waals surface area contributed by atoms with Crippen molar-refractivity contribution < 1.29 is 0 Å². The van der Waals surface area contributed by atoms with Crippen molar-refractivity contribution in [2.45, 2.75) is 0 Å². The van der Waals surface area contributed by atoms with Gasteiger partial charge in [0.2, 0.25) is 0 Å².